The number of fused-ring (bicyclic) bond motifs is 1. The van der Waals surface area contributed by atoms with Gasteiger partial charge in [-0.1, -0.05) is 25.5 Å². The first kappa shape index (κ1) is 18.9. The molecular weight excluding hydrogens is 344 g/mol. The van der Waals surface area contributed by atoms with Crippen molar-refractivity contribution >= 4 is 17.6 Å². The molecule has 1 heterocycles. The number of carboxylic acid groups (broad SMARTS) is 1. The van der Waals surface area contributed by atoms with Gasteiger partial charge in [0, 0.05) is 11.4 Å². The minimum absolute atomic E-state index is 0.124. The van der Waals surface area contributed by atoms with E-state index in [2.05, 4.69) is 10.3 Å². The summed E-state index contributed by atoms with van der Waals surface area (Å²) >= 11 is 0. The molecule has 1 aliphatic rings. The number of aliphatic carboxylic acids is 1. The van der Waals surface area contributed by atoms with Gasteiger partial charge in [0.05, 0.1) is 5.92 Å². The molecule has 1 aliphatic carbocycles. The molecule has 0 radical (unpaired) electrons. The second-order valence-electron chi connectivity index (χ2n) is 7.17. The van der Waals surface area contributed by atoms with Crippen LogP contribution in [-0.2, 0) is 24.1 Å². The number of carbonyl (C=O) groups is 2. The number of anilines is 1. The summed E-state index contributed by atoms with van der Waals surface area (Å²) in [6.07, 6.45) is 5.41. The zero-order chi connectivity index (χ0) is 19.4. The molecule has 3 N–H and O–H groups in total. The quantitative estimate of drug-likeness (QED) is 0.706. The molecule has 3 rings (SSSR count). The van der Waals surface area contributed by atoms with Crippen molar-refractivity contribution in [3.63, 3.8) is 0 Å². The van der Waals surface area contributed by atoms with Gasteiger partial charge in [0.2, 0.25) is 0 Å². The van der Waals surface area contributed by atoms with Crippen LogP contribution in [0.2, 0.25) is 0 Å². The Labute approximate surface area is 157 Å². The molecule has 27 heavy (non-hydrogen) atoms. The number of H-pyrrole nitrogens is 1. The number of aromatic amines is 1. The molecule has 142 valence electrons. The Bertz CT molecular complexity index is 899. The van der Waals surface area contributed by atoms with E-state index in [9.17, 15) is 14.4 Å². The summed E-state index contributed by atoms with van der Waals surface area (Å²) in [4.78, 5) is 38.7. The summed E-state index contributed by atoms with van der Waals surface area (Å²) in [6, 6.07) is 8.74. The molecule has 0 fully saturated rings. The van der Waals surface area contributed by atoms with E-state index in [4.69, 9.17) is 5.11 Å². The third kappa shape index (κ3) is 4.64. The summed E-state index contributed by atoms with van der Waals surface area (Å²) in [6.45, 7) is 1.66. The number of aromatic nitrogens is 1. The maximum atomic E-state index is 12.5. The van der Waals surface area contributed by atoms with Gasteiger partial charge in [0.25, 0.3) is 11.5 Å². The molecular formula is C21H24N2O4. The smallest absolute Gasteiger partial charge is 0.306 e. The van der Waals surface area contributed by atoms with Crippen LogP contribution in [0.4, 0.5) is 5.69 Å². The van der Waals surface area contributed by atoms with E-state index >= 15 is 0 Å². The highest BCUT2D eigenvalue weighted by Crippen LogP contribution is 2.19. The largest absolute Gasteiger partial charge is 0.481 e. The number of hydrogen-bond acceptors (Lipinski definition) is 3. The van der Waals surface area contributed by atoms with Crippen molar-refractivity contribution in [3.05, 3.63) is 63.1 Å². The highest BCUT2D eigenvalue weighted by atomic mass is 16.4. The van der Waals surface area contributed by atoms with E-state index in [1.165, 1.54) is 0 Å². The lowest BCUT2D eigenvalue weighted by Crippen LogP contribution is -2.25. The van der Waals surface area contributed by atoms with E-state index < -0.39 is 17.8 Å². The Morgan fingerprint density at radius 3 is 2.56 bits per heavy atom. The third-order valence-corrected chi connectivity index (χ3v) is 5.01. The highest BCUT2D eigenvalue weighted by Gasteiger charge is 2.17. The molecule has 1 atom stereocenters. The van der Waals surface area contributed by atoms with Crippen molar-refractivity contribution in [2.45, 2.75) is 45.4 Å². The molecule has 1 aromatic carbocycles. The van der Waals surface area contributed by atoms with E-state index in [-0.39, 0.29) is 11.1 Å². The molecule has 1 aromatic heterocycles. The maximum absolute atomic E-state index is 12.5. The molecule has 2 aromatic rings. The van der Waals surface area contributed by atoms with Gasteiger partial charge < -0.3 is 15.4 Å². The summed E-state index contributed by atoms with van der Waals surface area (Å²) in [5.41, 5.74) is 3.22. The molecule has 0 saturated carbocycles. The fourth-order valence-corrected chi connectivity index (χ4v) is 3.38. The van der Waals surface area contributed by atoms with Crippen molar-refractivity contribution in [2.75, 3.05) is 5.32 Å². The minimum Gasteiger partial charge on any atom is -0.481 e. The normalized spacial score (nSPS) is 14.7. The van der Waals surface area contributed by atoms with Gasteiger partial charge in [-0.3, -0.25) is 14.4 Å². The molecule has 0 aliphatic heterocycles. The van der Waals surface area contributed by atoms with E-state index in [0.29, 0.717) is 12.1 Å². The summed E-state index contributed by atoms with van der Waals surface area (Å²) in [5, 5.41) is 11.7. The molecule has 6 heteroatoms. The van der Waals surface area contributed by atoms with Crippen molar-refractivity contribution in [2.24, 2.45) is 5.92 Å². The average molecular weight is 368 g/mol. The number of nitrogens with one attached hydrogen (secondary N) is 2. The van der Waals surface area contributed by atoms with Gasteiger partial charge >= 0.3 is 5.97 Å². The van der Waals surface area contributed by atoms with Gasteiger partial charge in [-0.15, -0.1) is 0 Å². The second-order valence-corrected chi connectivity index (χ2v) is 7.17. The lowest BCUT2D eigenvalue weighted by atomic mass is 10.0. The number of carbonyl (C=O) groups excluding carboxylic acids is 1. The first-order valence-electron chi connectivity index (χ1n) is 9.32. The number of rotatable bonds is 5. The number of pyridine rings is 1. The number of carboxylic acids is 1. The van der Waals surface area contributed by atoms with Gasteiger partial charge in [0.15, 0.2) is 0 Å². The van der Waals surface area contributed by atoms with Gasteiger partial charge in [-0.05, 0) is 61.4 Å². The first-order valence-corrected chi connectivity index (χ1v) is 9.32. The van der Waals surface area contributed by atoms with Crippen molar-refractivity contribution in [1.82, 2.24) is 4.98 Å². The number of amides is 1. The van der Waals surface area contributed by atoms with Crippen LogP contribution in [0.15, 0.2) is 35.1 Å². The average Bonchev–Trinajstić information content (AvgIpc) is 2.87. The Morgan fingerprint density at radius 2 is 1.85 bits per heavy atom. The lowest BCUT2D eigenvalue weighted by molar-refractivity contribution is -0.141. The van der Waals surface area contributed by atoms with Crippen LogP contribution in [0.25, 0.3) is 0 Å². The Kier molecular flexibility index (Phi) is 5.74. The summed E-state index contributed by atoms with van der Waals surface area (Å²) in [5.74, 6) is -1.74. The molecule has 0 bridgehead atoms. The van der Waals surface area contributed by atoms with Crippen LogP contribution in [-0.4, -0.2) is 22.0 Å². The van der Waals surface area contributed by atoms with Crippen LogP contribution in [0.3, 0.4) is 0 Å². The molecule has 6 nitrogen and oxygen atoms in total. The fourth-order valence-electron chi connectivity index (χ4n) is 3.38. The van der Waals surface area contributed by atoms with Crippen LogP contribution in [0, 0.1) is 5.92 Å². The number of aryl methyl sites for hydroxylation is 2. The zero-order valence-corrected chi connectivity index (χ0v) is 15.4. The van der Waals surface area contributed by atoms with Gasteiger partial charge in [-0.25, -0.2) is 0 Å². The van der Waals surface area contributed by atoms with E-state index in [1.807, 2.05) is 0 Å². The Balaban J connectivity index is 1.73. The highest BCUT2D eigenvalue weighted by molar-refractivity contribution is 6.04. The first-order chi connectivity index (χ1) is 12.9. The van der Waals surface area contributed by atoms with Crippen molar-refractivity contribution < 1.29 is 14.7 Å². The molecule has 1 unspecified atom stereocenters. The van der Waals surface area contributed by atoms with Gasteiger partial charge in [0.1, 0.15) is 5.56 Å². The van der Waals surface area contributed by atoms with Crippen LogP contribution < -0.4 is 10.9 Å². The monoisotopic (exact) mass is 368 g/mol. The minimum atomic E-state index is -0.838. The fraction of sp³-hybridized carbons (Fsp3) is 0.381. The number of benzene rings is 1. The zero-order valence-electron chi connectivity index (χ0n) is 15.4. The maximum Gasteiger partial charge on any atom is 0.306 e. The topological polar surface area (TPSA) is 99.3 Å². The van der Waals surface area contributed by atoms with E-state index in [1.54, 1.807) is 37.3 Å². The number of hydrogen-bond donors (Lipinski definition) is 3. The lowest BCUT2D eigenvalue weighted by Gasteiger charge is -2.10. The van der Waals surface area contributed by atoms with Crippen LogP contribution in [0.5, 0.6) is 0 Å². The second kappa shape index (κ2) is 8.20. The van der Waals surface area contributed by atoms with Crippen LogP contribution >= 0.6 is 0 Å². The third-order valence-electron chi connectivity index (χ3n) is 5.01. The Hall–Kier alpha value is -2.89. The summed E-state index contributed by atoms with van der Waals surface area (Å²) in [7, 11) is 0. The van der Waals surface area contributed by atoms with E-state index in [0.717, 1.165) is 48.9 Å². The van der Waals surface area contributed by atoms with Gasteiger partial charge in [-0.2, -0.15) is 0 Å². The summed E-state index contributed by atoms with van der Waals surface area (Å²) < 4.78 is 0. The standard InChI is InChI=1S/C21H24N2O4/c1-13(21(26)27)11-14-7-9-16(10-8-14)22-19(24)17-12-15-5-3-2-4-6-18(15)23-20(17)25/h7-10,12-13H,2-6,11H2,1H3,(H,22,24)(H,23,25)(H,26,27). The molecule has 1 amide bonds. The molecule has 0 saturated heterocycles. The predicted octanol–water partition coefficient (Wildman–Crippen LogP) is 3.16. The van der Waals surface area contributed by atoms with Crippen LogP contribution in [0.1, 0.15) is 53.4 Å². The molecule has 0 spiro atoms. The SMILES string of the molecule is CC(Cc1ccc(NC(=O)c2cc3c([nH]c2=O)CCCCC3)cc1)C(=O)O. The van der Waals surface area contributed by atoms with Crippen molar-refractivity contribution in [1.29, 1.82) is 0 Å². The Morgan fingerprint density at radius 1 is 1.15 bits per heavy atom. The van der Waals surface area contributed by atoms with Crippen molar-refractivity contribution in [3.8, 4) is 0 Å². The predicted molar refractivity (Wildman–Crippen MR) is 103 cm³/mol.